The van der Waals surface area contributed by atoms with Crippen molar-refractivity contribution in [3.05, 3.63) is 59.7 Å². The predicted octanol–water partition coefficient (Wildman–Crippen LogP) is 3.32. The first-order chi connectivity index (χ1) is 12.2. The molecular formula is C20H24N2O2S. The van der Waals surface area contributed by atoms with Crippen molar-refractivity contribution in [1.82, 2.24) is 5.32 Å². The number of rotatable bonds is 6. The van der Waals surface area contributed by atoms with Crippen LogP contribution in [0.5, 0.6) is 5.75 Å². The molecule has 132 valence electrons. The Morgan fingerprint density at radius 3 is 2.84 bits per heavy atom. The van der Waals surface area contributed by atoms with Crippen LogP contribution in [-0.4, -0.2) is 37.1 Å². The Morgan fingerprint density at radius 1 is 1.28 bits per heavy atom. The summed E-state index contributed by atoms with van der Waals surface area (Å²) in [6.07, 6.45) is 1.28. The van der Waals surface area contributed by atoms with Crippen molar-refractivity contribution < 1.29 is 9.53 Å². The molecule has 1 heterocycles. The van der Waals surface area contributed by atoms with E-state index in [0.717, 1.165) is 41.5 Å². The van der Waals surface area contributed by atoms with Gasteiger partial charge in [0, 0.05) is 48.2 Å². The van der Waals surface area contributed by atoms with Crippen LogP contribution in [0.15, 0.2) is 48.5 Å². The summed E-state index contributed by atoms with van der Waals surface area (Å²) in [5, 5.41) is 6.42. The van der Waals surface area contributed by atoms with Crippen LogP contribution in [0, 0.1) is 0 Å². The largest absolute Gasteiger partial charge is 0.496 e. The summed E-state index contributed by atoms with van der Waals surface area (Å²) >= 11 is 1.90. The van der Waals surface area contributed by atoms with Gasteiger partial charge in [0.05, 0.1) is 7.11 Å². The molecule has 1 aliphatic rings. The Bertz CT molecular complexity index is 700. The highest BCUT2D eigenvalue weighted by Crippen LogP contribution is 2.25. The Hall–Kier alpha value is -1.98. The molecule has 1 unspecified atom stereocenters. The van der Waals surface area contributed by atoms with Gasteiger partial charge in [0.15, 0.2) is 0 Å². The summed E-state index contributed by atoms with van der Waals surface area (Å²) in [4.78, 5) is 12.3. The van der Waals surface area contributed by atoms with Crippen LogP contribution >= 0.6 is 11.8 Å². The second-order valence-electron chi connectivity index (χ2n) is 6.17. The molecule has 0 aliphatic carbocycles. The summed E-state index contributed by atoms with van der Waals surface area (Å²) in [7, 11) is 1.68. The molecule has 0 spiro atoms. The molecule has 25 heavy (non-hydrogen) atoms. The van der Waals surface area contributed by atoms with Crippen molar-refractivity contribution in [3.8, 4) is 5.75 Å². The van der Waals surface area contributed by atoms with Crippen molar-refractivity contribution >= 4 is 23.4 Å². The van der Waals surface area contributed by atoms with Gasteiger partial charge in [0.1, 0.15) is 5.75 Å². The number of hydrogen-bond donors (Lipinski definition) is 2. The number of benzene rings is 2. The maximum atomic E-state index is 12.3. The van der Waals surface area contributed by atoms with E-state index in [1.807, 2.05) is 48.2 Å². The molecule has 0 saturated carbocycles. The third kappa shape index (κ3) is 5.25. The van der Waals surface area contributed by atoms with Crippen molar-refractivity contribution in [1.29, 1.82) is 0 Å². The Balaban J connectivity index is 1.67. The number of ether oxygens (including phenoxy) is 1. The van der Waals surface area contributed by atoms with E-state index in [4.69, 9.17) is 4.74 Å². The zero-order valence-corrected chi connectivity index (χ0v) is 15.3. The third-order valence-corrected chi connectivity index (χ3v) is 5.36. The number of thioether (sulfide) groups is 1. The summed E-state index contributed by atoms with van der Waals surface area (Å²) in [5.41, 5.74) is 3.10. The molecule has 0 bridgehead atoms. The molecule has 1 amide bonds. The number of methoxy groups -OCH3 is 1. The van der Waals surface area contributed by atoms with Crippen LogP contribution in [0.25, 0.3) is 0 Å². The third-order valence-electron chi connectivity index (χ3n) is 4.23. The van der Waals surface area contributed by atoms with Crippen LogP contribution < -0.4 is 15.4 Å². The van der Waals surface area contributed by atoms with Gasteiger partial charge >= 0.3 is 0 Å². The van der Waals surface area contributed by atoms with Gasteiger partial charge in [0.2, 0.25) is 5.91 Å². The van der Waals surface area contributed by atoms with E-state index in [1.54, 1.807) is 7.11 Å². The lowest BCUT2D eigenvalue weighted by Gasteiger charge is -2.22. The first-order valence-corrected chi connectivity index (χ1v) is 9.72. The van der Waals surface area contributed by atoms with Gasteiger partial charge in [-0.25, -0.2) is 0 Å². The van der Waals surface area contributed by atoms with E-state index >= 15 is 0 Å². The molecule has 1 atom stereocenters. The van der Waals surface area contributed by atoms with Gasteiger partial charge in [-0.3, -0.25) is 4.79 Å². The molecule has 2 aromatic carbocycles. The zero-order chi connectivity index (χ0) is 17.5. The lowest BCUT2D eigenvalue weighted by atomic mass is 10.0. The monoisotopic (exact) mass is 356 g/mol. The molecule has 4 nitrogen and oxygen atoms in total. The Kier molecular flexibility index (Phi) is 6.36. The highest BCUT2D eigenvalue weighted by molar-refractivity contribution is 7.99. The van der Waals surface area contributed by atoms with Crippen LogP contribution in [0.2, 0.25) is 0 Å². The van der Waals surface area contributed by atoms with Crippen molar-refractivity contribution in [2.75, 3.05) is 30.5 Å². The molecule has 1 saturated heterocycles. The first kappa shape index (κ1) is 17.8. The number of anilines is 1. The standard InChI is InChI=1S/C20H24N2O2S/c1-24-19-8-7-17(12-16(19)11-15-5-3-2-4-6-15)22-20(23)13-18-14-25-10-9-21-18/h2-8,12,18,21H,9-11,13-14H2,1H3,(H,22,23). The van der Waals surface area contributed by atoms with E-state index in [1.165, 1.54) is 5.56 Å². The predicted molar refractivity (Wildman–Crippen MR) is 105 cm³/mol. The summed E-state index contributed by atoms with van der Waals surface area (Å²) in [5.74, 6) is 3.01. The average molecular weight is 356 g/mol. The highest BCUT2D eigenvalue weighted by atomic mass is 32.2. The zero-order valence-electron chi connectivity index (χ0n) is 14.5. The van der Waals surface area contributed by atoms with E-state index in [2.05, 4.69) is 22.8 Å². The molecule has 1 aliphatic heterocycles. The molecule has 5 heteroatoms. The summed E-state index contributed by atoms with van der Waals surface area (Å²) in [6, 6.07) is 16.3. The quantitative estimate of drug-likeness (QED) is 0.834. The van der Waals surface area contributed by atoms with Gasteiger partial charge in [0.25, 0.3) is 0 Å². The van der Waals surface area contributed by atoms with Crippen LogP contribution in [0.1, 0.15) is 17.5 Å². The second kappa shape index (κ2) is 8.92. The number of amides is 1. The van der Waals surface area contributed by atoms with Crippen LogP contribution in [0.4, 0.5) is 5.69 Å². The topological polar surface area (TPSA) is 50.4 Å². The fourth-order valence-electron chi connectivity index (χ4n) is 3.00. The highest BCUT2D eigenvalue weighted by Gasteiger charge is 2.17. The van der Waals surface area contributed by atoms with Crippen LogP contribution in [0.3, 0.4) is 0 Å². The molecule has 0 radical (unpaired) electrons. The minimum absolute atomic E-state index is 0.0517. The van der Waals surface area contributed by atoms with E-state index < -0.39 is 0 Å². The second-order valence-corrected chi connectivity index (χ2v) is 7.32. The average Bonchev–Trinajstić information content (AvgIpc) is 2.63. The summed E-state index contributed by atoms with van der Waals surface area (Å²) < 4.78 is 5.47. The van der Waals surface area contributed by atoms with E-state index in [9.17, 15) is 4.79 Å². The minimum Gasteiger partial charge on any atom is -0.496 e. The first-order valence-electron chi connectivity index (χ1n) is 8.56. The normalized spacial score (nSPS) is 17.1. The van der Waals surface area contributed by atoms with Gasteiger partial charge in [-0.05, 0) is 23.8 Å². The molecule has 3 rings (SSSR count). The molecular weight excluding hydrogens is 332 g/mol. The number of hydrogen-bond acceptors (Lipinski definition) is 4. The number of nitrogens with one attached hydrogen (secondary N) is 2. The van der Waals surface area contributed by atoms with Crippen molar-refractivity contribution in [3.63, 3.8) is 0 Å². The van der Waals surface area contributed by atoms with Crippen molar-refractivity contribution in [2.45, 2.75) is 18.9 Å². The number of carbonyl (C=O) groups is 1. The molecule has 2 aromatic rings. The molecule has 0 aromatic heterocycles. The lowest BCUT2D eigenvalue weighted by Crippen LogP contribution is -2.39. The fraction of sp³-hybridized carbons (Fsp3) is 0.350. The van der Waals surface area contributed by atoms with Gasteiger partial charge in [-0.2, -0.15) is 11.8 Å². The maximum Gasteiger partial charge on any atom is 0.225 e. The Morgan fingerprint density at radius 2 is 2.12 bits per heavy atom. The SMILES string of the molecule is COc1ccc(NC(=O)CC2CSCCN2)cc1Cc1ccccc1. The molecule has 2 N–H and O–H groups in total. The molecule has 1 fully saturated rings. The Labute approximate surface area is 153 Å². The fourth-order valence-corrected chi connectivity index (χ4v) is 3.95. The van der Waals surface area contributed by atoms with Gasteiger partial charge < -0.3 is 15.4 Å². The smallest absolute Gasteiger partial charge is 0.225 e. The van der Waals surface area contributed by atoms with Crippen LogP contribution in [-0.2, 0) is 11.2 Å². The van der Waals surface area contributed by atoms with Gasteiger partial charge in [-0.1, -0.05) is 30.3 Å². The lowest BCUT2D eigenvalue weighted by molar-refractivity contribution is -0.116. The van der Waals surface area contributed by atoms with E-state index in [0.29, 0.717) is 6.42 Å². The van der Waals surface area contributed by atoms with E-state index in [-0.39, 0.29) is 11.9 Å². The minimum atomic E-state index is 0.0517. The van der Waals surface area contributed by atoms with Crippen molar-refractivity contribution in [2.24, 2.45) is 0 Å². The maximum absolute atomic E-state index is 12.3. The summed E-state index contributed by atoms with van der Waals surface area (Å²) in [6.45, 7) is 0.979. The van der Waals surface area contributed by atoms with Gasteiger partial charge in [-0.15, -0.1) is 0 Å². The number of carbonyl (C=O) groups excluding carboxylic acids is 1.